The van der Waals surface area contributed by atoms with Crippen LogP contribution in [0.4, 0.5) is 5.82 Å². The Labute approximate surface area is 187 Å². The number of rotatable bonds is 5. The van der Waals surface area contributed by atoms with Crippen molar-refractivity contribution >= 4 is 28.5 Å². The number of imidazole rings is 1. The van der Waals surface area contributed by atoms with Crippen LogP contribution in [0.1, 0.15) is 24.4 Å². The summed E-state index contributed by atoms with van der Waals surface area (Å²) in [5, 5.41) is 0.716. The highest BCUT2D eigenvalue weighted by atomic mass is 35.5. The zero-order chi connectivity index (χ0) is 21.2. The van der Waals surface area contributed by atoms with Crippen LogP contribution < -0.4 is 4.90 Å². The molecule has 0 saturated carbocycles. The van der Waals surface area contributed by atoms with E-state index in [1.807, 2.05) is 18.3 Å². The molecular formula is C24H25ClN6. The van der Waals surface area contributed by atoms with E-state index in [-0.39, 0.29) is 6.04 Å². The molecular weight excluding hydrogens is 408 g/mol. The summed E-state index contributed by atoms with van der Waals surface area (Å²) in [6.07, 6.45) is 5.30. The number of fused-ring (bicyclic) bond motifs is 1. The third-order valence-corrected chi connectivity index (χ3v) is 6.27. The minimum absolute atomic E-state index is 0.193. The number of hydrogen-bond acceptors (Lipinski definition) is 5. The molecule has 0 amide bonds. The van der Waals surface area contributed by atoms with E-state index in [4.69, 9.17) is 16.6 Å². The fourth-order valence-electron chi connectivity index (χ4n) is 4.33. The Morgan fingerprint density at radius 3 is 2.55 bits per heavy atom. The molecule has 7 heteroatoms. The minimum Gasteiger partial charge on any atom is -0.353 e. The van der Waals surface area contributed by atoms with Gasteiger partial charge in [0, 0.05) is 50.1 Å². The molecule has 1 aliphatic rings. The SMILES string of the molecule is C[C@@H](c1nc2cc(Cl)ccc2n1Cc1ccccc1)N1CCN(c2cnccn2)CC1. The maximum atomic E-state index is 6.27. The zero-order valence-electron chi connectivity index (χ0n) is 17.5. The van der Waals surface area contributed by atoms with E-state index in [1.54, 1.807) is 12.4 Å². The van der Waals surface area contributed by atoms with Gasteiger partial charge in [-0.3, -0.25) is 9.88 Å². The molecule has 1 fully saturated rings. The highest BCUT2D eigenvalue weighted by molar-refractivity contribution is 6.31. The summed E-state index contributed by atoms with van der Waals surface area (Å²) >= 11 is 6.27. The number of piperazine rings is 1. The van der Waals surface area contributed by atoms with Crippen LogP contribution in [-0.2, 0) is 6.54 Å². The average molecular weight is 433 g/mol. The summed E-state index contributed by atoms with van der Waals surface area (Å²) in [6, 6.07) is 16.7. The lowest BCUT2D eigenvalue weighted by Gasteiger charge is -2.38. The first-order valence-corrected chi connectivity index (χ1v) is 11.0. The van der Waals surface area contributed by atoms with Crippen LogP contribution in [0, 0.1) is 0 Å². The van der Waals surface area contributed by atoms with Gasteiger partial charge in [0.05, 0.1) is 23.3 Å². The summed E-state index contributed by atoms with van der Waals surface area (Å²) in [7, 11) is 0. The maximum Gasteiger partial charge on any atom is 0.147 e. The van der Waals surface area contributed by atoms with Gasteiger partial charge < -0.3 is 9.47 Å². The van der Waals surface area contributed by atoms with Crippen LogP contribution in [0.2, 0.25) is 5.02 Å². The van der Waals surface area contributed by atoms with Crippen LogP contribution in [0.25, 0.3) is 11.0 Å². The summed E-state index contributed by atoms with van der Waals surface area (Å²) in [5.74, 6) is 2.02. The molecule has 31 heavy (non-hydrogen) atoms. The van der Waals surface area contributed by atoms with Gasteiger partial charge in [0.25, 0.3) is 0 Å². The number of anilines is 1. The van der Waals surface area contributed by atoms with Crippen LogP contribution in [0.5, 0.6) is 0 Å². The Hall–Kier alpha value is -2.96. The monoisotopic (exact) mass is 432 g/mol. The van der Waals surface area contributed by atoms with Crippen LogP contribution in [0.15, 0.2) is 67.1 Å². The lowest BCUT2D eigenvalue weighted by molar-refractivity contribution is 0.188. The van der Waals surface area contributed by atoms with E-state index < -0.39 is 0 Å². The van der Waals surface area contributed by atoms with Gasteiger partial charge in [-0.15, -0.1) is 0 Å². The van der Waals surface area contributed by atoms with Crippen molar-refractivity contribution in [1.82, 2.24) is 24.4 Å². The molecule has 1 saturated heterocycles. The third kappa shape index (κ3) is 4.13. The Bertz CT molecular complexity index is 1150. The fourth-order valence-corrected chi connectivity index (χ4v) is 4.50. The molecule has 0 N–H and O–H groups in total. The lowest BCUT2D eigenvalue weighted by Crippen LogP contribution is -2.47. The Morgan fingerprint density at radius 2 is 1.81 bits per heavy atom. The molecule has 2 aromatic carbocycles. The van der Waals surface area contributed by atoms with Gasteiger partial charge in [0.1, 0.15) is 11.6 Å². The minimum atomic E-state index is 0.193. The average Bonchev–Trinajstić information content (AvgIpc) is 3.17. The fraction of sp³-hybridized carbons (Fsp3) is 0.292. The van der Waals surface area contributed by atoms with Crippen molar-refractivity contribution in [2.24, 2.45) is 0 Å². The summed E-state index contributed by atoms with van der Waals surface area (Å²) in [4.78, 5) is 18.5. The molecule has 3 heterocycles. The molecule has 1 aliphatic heterocycles. The predicted octanol–water partition coefficient (Wildman–Crippen LogP) is 4.41. The van der Waals surface area contributed by atoms with Crippen LogP contribution >= 0.6 is 11.6 Å². The lowest BCUT2D eigenvalue weighted by atomic mass is 10.2. The van der Waals surface area contributed by atoms with Gasteiger partial charge in [0.2, 0.25) is 0 Å². The molecule has 0 aliphatic carbocycles. The molecule has 0 bridgehead atoms. The highest BCUT2D eigenvalue weighted by Gasteiger charge is 2.26. The second-order valence-electron chi connectivity index (χ2n) is 7.94. The van der Waals surface area contributed by atoms with Crippen molar-refractivity contribution < 1.29 is 0 Å². The van der Waals surface area contributed by atoms with Crippen molar-refractivity contribution in [3.63, 3.8) is 0 Å². The van der Waals surface area contributed by atoms with E-state index in [2.05, 4.69) is 67.7 Å². The van der Waals surface area contributed by atoms with Gasteiger partial charge in [-0.25, -0.2) is 9.97 Å². The van der Waals surface area contributed by atoms with Crippen molar-refractivity contribution in [3.8, 4) is 0 Å². The van der Waals surface area contributed by atoms with Crippen molar-refractivity contribution in [2.45, 2.75) is 19.5 Å². The van der Waals surface area contributed by atoms with Gasteiger partial charge in [-0.05, 0) is 30.7 Å². The molecule has 5 rings (SSSR count). The van der Waals surface area contributed by atoms with E-state index in [9.17, 15) is 0 Å². The molecule has 2 aromatic heterocycles. The predicted molar refractivity (Wildman–Crippen MR) is 125 cm³/mol. The molecule has 0 radical (unpaired) electrons. The Kier molecular flexibility index (Phi) is 5.57. The molecule has 4 aromatic rings. The number of halogens is 1. The normalized spacial score (nSPS) is 16.0. The van der Waals surface area contributed by atoms with E-state index in [0.717, 1.165) is 55.4 Å². The smallest absolute Gasteiger partial charge is 0.147 e. The Balaban J connectivity index is 1.42. The molecule has 6 nitrogen and oxygen atoms in total. The van der Waals surface area contributed by atoms with Crippen LogP contribution in [0.3, 0.4) is 0 Å². The van der Waals surface area contributed by atoms with Crippen molar-refractivity contribution in [3.05, 3.63) is 83.5 Å². The van der Waals surface area contributed by atoms with E-state index >= 15 is 0 Å². The van der Waals surface area contributed by atoms with E-state index in [0.29, 0.717) is 5.02 Å². The van der Waals surface area contributed by atoms with Gasteiger partial charge in [0.15, 0.2) is 0 Å². The number of hydrogen-bond donors (Lipinski definition) is 0. The second kappa shape index (κ2) is 8.65. The topological polar surface area (TPSA) is 50.1 Å². The van der Waals surface area contributed by atoms with Crippen LogP contribution in [-0.4, -0.2) is 50.6 Å². The largest absolute Gasteiger partial charge is 0.353 e. The summed E-state index contributed by atoms with van der Waals surface area (Å²) in [5.41, 5.74) is 3.33. The molecule has 158 valence electrons. The number of benzene rings is 2. The number of nitrogens with zero attached hydrogens (tertiary/aromatic N) is 6. The summed E-state index contributed by atoms with van der Waals surface area (Å²) in [6.45, 7) is 6.79. The van der Waals surface area contributed by atoms with Crippen molar-refractivity contribution in [2.75, 3.05) is 31.1 Å². The molecule has 0 unspecified atom stereocenters. The zero-order valence-corrected chi connectivity index (χ0v) is 18.3. The van der Waals surface area contributed by atoms with Gasteiger partial charge in [-0.2, -0.15) is 0 Å². The standard InChI is InChI=1S/C24H25ClN6/c1-18(29-11-13-30(14-12-29)23-16-26-9-10-27-23)24-28-21-15-20(25)7-8-22(21)31(24)17-19-5-3-2-4-6-19/h2-10,15-16,18H,11-14,17H2,1H3/t18-/m0/s1. The second-order valence-corrected chi connectivity index (χ2v) is 8.37. The first-order valence-electron chi connectivity index (χ1n) is 10.6. The number of aromatic nitrogens is 4. The van der Waals surface area contributed by atoms with E-state index in [1.165, 1.54) is 5.56 Å². The molecule has 0 spiro atoms. The van der Waals surface area contributed by atoms with Crippen molar-refractivity contribution in [1.29, 1.82) is 0 Å². The first-order chi connectivity index (χ1) is 15.2. The first kappa shape index (κ1) is 20.0. The maximum absolute atomic E-state index is 6.27. The molecule has 1 atom stereocenters. The highest BCUT2D eigenvalue weighted by Crippen LogP contribution is 2.28. The van der Waals surface area contributed by atoms with Gasteiger partial charge >= 0.3 is 0 Å². The quantitative estimate of drug-likeness (QED) is 0.467. The van der Waals surface area contributed by atoms with Gasteiger partial charge in [-0.1, -0.05) is 41.9 Å². The Morgan fingerprint density at radius 1 is 1.00 bits per heavy atom. The summed E-state index contributed by atoms with van der Waals surface area (Å²) < 4.78 is 2.33. The third-order valence-electron chi connectivity index (χ3n) is 6.03.